The van der Waals surface area contributed by atoms with E-state index in [1.54, 1.807) is 11.3 Å². The van der Waals surface area contributed by atoms with Crippen LogP contribution in [0, 0.1) is 0 Å². The van der Waals surface area contributed by atoms with Gasteiger partial charge in [-0.05, 0) is 53.5 Å². The number of nitrogens with one attached hydrogen (secondary N) is 1. The number of thiophene rings is 1. The van der Waals surface area contributed by atoms with E-state index in [2.05, 4.69) is 86.7 Å². The van der Waals surface area contributed by atoms with Crippen LogP contribution in [0.25, 0.3) is 0 Å². The van der Waals surface area contributed by atoms with Crippen LogP contribution < -0.4 is 5.32 Å². The Morgan fingerprint density at radius 1 is 1.06 bits per heavy atom. The van der Waals surface area contributed by atoms with Crippen molar-refractivity contribution in [2.45, 2.75) is 25.9 Å². The lowest BCUT2D eigenvalue weighted by Gasteiger charge is -2.19. The lowest BCUT2D eigenvalue weighted by atomic mass is 10.1. The highest BCUT2D eigenvalue weighted by Crippen LogP contribution is 2.27. The third-order valence-electron chi connectivity index (χ3n) is 2.86. The molecule has 0 spiro atoms. The molecule has 0 fully saturated rings. The van der Waals surface area contributed by atoms with E-state index in [1.165, 1.54) is 10.4 Å². The molecule has 0 bridgehead atoms. The molecule has 1 heterocycles. The smallest absolute Gasteiger partial charge is 0.0391 e. The van der Waals surface area contributed by atoms with Crippen molar-refractivity contribution in [3.05, 3.63) is 55.1 Å². The van der Waals surface area contributed by atoms with Gasteiger partial charge < -0.3 is 5.32 Å². The molecular weight excluding hydrogens is 374 g/mol. The van der Waals surface area contributed by atoms with Crippen molar-refractivity contribution in [3.63, 3.8) is 0 Å². The van der Waals surface area contributed by atoms with Gasteiger partial charge in [0.2, 0.25) is 0 Å². The molecule has 1 unspecified atom stereocenters. The van der Waals surface area contributed by atoms with E-state index in [0.29, 0.717) is 12.1 Å². The SMILES string of the molecule is CC(N[C@@H](C)c1cccc(Br)c1)c1cc(Br)cs1. The fourth-order valence-electron chi connectivity index (χ4n) is 1.88. The molecule has 2 rings (SSSR count). The summed E-state index contributed by atoms with van der Waals surface area (Å²) in [5, 5.41) is 5.74. The number of hydrogen-bond acceptors (Lipinski definition) is 2. The van der Waals surface area contributed by atoms with Gasteiger partial charge in [-0.15, -0.1) is 11.3 Å². The van der Waals surface area contributed by atoms with Crippen LogP contribution in [0.2, 0.25) is 0 Å². The minimum Gasteiger partial charge on any atom is -0.303 e. The van der Waals surface area contributed by atoms with Crippen molar-refractivity contribution in [1.82, 2.24) is 5.32 Å². The number of hydrogen-bond donors (Lipinski definition) is 1. The summed E-state index contributed by atoms with van der Waals surface area (Å²) in [6, 6.07) is 11.3. The summed E-state index contributed by atoms with van der Waals surface area (Å²) >= 11 is 8.79. The van der Waals surface area contributed by atoms with Crippen LogP contribution in [-0.4, -0.2) is 0 Å². The maximum atomic E-state index is 3.62. The molecule has 2 aromatic rings. The normalized spacial score (nSPS) is 14.4. The second-order valence-electron chi connectivity index (χ2n) is 4.33. The van der Waals surface area contributed by atoms with Crippen molar-refractivity contribution in [1.29, 1.82) is 0 Å². The lowest BCUT2D eigenvalue weighted by molar-refractivity contribution is 0.500. The molecule has 4 heteroatoms. The third-order valence-corrected chi connectivity index (χ3v) is 5.23. The van der Waals surface area contributed by atoms with E-state index in [1.807, 2.05) is 0 Å². The van der Waals surface area contributed by atoms with Crippen molar-refractivity contribution >= 4 is 43.2 Å². The van der Waals surface area contributed by atoms with Crippen molar-refractivity contribution in [2.24, 2.45) is 0 Å². The summed E-state index contributed by atoms with van der Waals surface area (Å²) in [6.45, 7) is 4.40. The van der Waals surface area contributed by atoms with E-state index in [4.69, 9.17) is 0 Å². The molecular formula is C14H15Br2NS. The topological polar surface area (TPSA) is 12.0 Å². The zero-order valence-electron chi connectivity index (χ0n) is 10.3. The van der Waals surface area contributed by atoms with Crippen LogP contribution in [0.15, 0.2) is 44.7 Å². The Labute approximate surface area is 129 Å². The molecule has 1 nitrogen and oxygen atoms in total. The Kier molecular flexibility index (Phi) is 5.01. The molecule has 1 N–H and O–H groups in total. The number of halogens is 2. The fourth-order valence-corrected chi connectivity index (χ4v) is 3.76. The predicted molar refractivity (Wildman–Crippen MR) is 86.1 cm³/mol. The highest BCUT2D eigenvalue weighted by atomic mass is 79.9. The highest BCUT2D eigenvalue weighted by Gasteiger charge is 2.12. The van der Waals surface area contributed by atoms with Crippen molar-refractivity contribution in [3.8, 4) is 0 Å². The van der Waals surface area contributed by atoms with Gasteiger partial charge in [0.25, 0.3) is 0 Å². The second kappa shape index (κ2) is 6.33. The van der Waals surface area contributed by atoms with Crippen LogP contribution in [0.4, 0.5) is 0 Å². The van der Waals surface area contributed by atoms with Crippen molar-refractivity contribution in [2.75, 3.05) is 0 Å². The van der Waals surface area contributed by atoms with Crippen LogP contribution in [-0.2, 0) is 0 Å². The average molecular weight is 389 g/mol. The maximum Gasteiger partial charge on any atom is 0.0391 e. The molecule has 1 aromatic heterocycles. The molecule has 0 saturated carbocycles. The van der Waals surface area contributed by atoms with E-state index >= 15 is 0 Å². The Bertz CT molecular complexity index is 524. The molecule has 0 aliphatic rings. The van der Waals surface area contributed by atoms with Crippen LogP contribution in [0.5, 0.6) is 0 Å². The largest absolute Gasteiger partial charge is 0.303 e. The minimum absolute atomic E-state index is 0.332. The summed E-state index contributed by atoms with van der Waals surface area (Å²) in [5.41, 5.74) is 1.30. The zero-order valence-corrected chi connectivity index (χ0v) is 14.3. The summed E-state index contributed by atoms with van der Waals surface area (Å²) < 4.78 is 2.28. The molecule has 0 saturated heterocycles. The fraction of sp³-hybridized carbons (Fsp3) is 0.286. The number of benzene rings is 1. The summed E-state index contributed by atoms with van der Waals surface area (Å²) in [5.74, 6) is 0. The van der Waals surface area contributed by atoms with Gasteiger partial charge in [0, 0.05) is 31.3 Å². The summed E-state index contributed by atoms with van der Waals surface area (Å²) in [6.07, 6.45) is 0. The molecule has 96 valence electrons. The molecule has 0 radical (unpaired) electrons. The maximum absolute atomic E-state index is 3.62. The van der Waals surface area contributed by atoms with E-state index in [-0.39, 0.29) is 0 Å². The first kappa shape index (κ1) is 14.3. The number of rotatable bonds is 4. The van der Waals surface area contributed by atoms with Crippen LogP contribution >= 0.6 is 43.2 Å². The van der Waals surface area contributed by atoms with E-state index < -0.39 is 0 Å². The predicted octanol–water partition coefficient (Wildman–Crippen LogP) is 5.68. The van der Waals surface area contributed by atoms with Gasteiger partial charge in [-0.1, -0.05) is 28.1 Å². The Morgan fingerprint density at radius 2 is 1.83 bits per heavy atom. The van der Waals surface area contributed by atoms with E-state index in [0.717, 1.165) is 8.95 Å². The van der Waals surface area contributed by atoms with Crippen LogP contribution in [0.1, 0.15) is 36.4 Å². The molecule has 18 heavy (non-hydrogen) atoms. The van der Waals surface area contributed by atoms with Crippen molar-refractivity contribution < 1.29 is 0 Å². The zero-order chi connectivity index (χ0) is 13.1. The Balaban J connectivity index is 2.05. The Morgan fingerprint density at radius 3 is 2.44 bits per heavy atom. The van der Waals surface area contributed by atoms with Gasteiger partial charge in [0.15, 0.2) is 0 Å². The highest BCUT2D eigenvalue weighted by molar-refractivity contribution is 9.10. The minimum atomic E-state index is 0.332. The first-order chi connectivity index (χ1) is 8.56. The molecule has 0 aliphatic heterocycles. The third kappa shape index (κ3) is 3.67. The first-order valence-electron chi connectivity index (χ1n) is 5.81. The first-order valence-corrected chi connectivity index (χ1v) is 8.28. The summed E-state index contributed by atoms with van der Waals surface area (Å²) in [4.78, 5) is 1.35. The molecule has 0 amide bonds. The average Bonchev–Trinajstić information content (AvgIpc) is 2.76. The van der Waals surface area contributed by atoms with Gasteiger partial charge in [0.1, 0.15) is 0 Å². The van der Waals surface area contributed by atoms with Gasteiger partial charge >= 0.3 is 0 Å². The van der Waals surface area contributed by atoms with Gasteiger partial charge in [-0.25, -0.2) is 0 Å². The molecule has 1 aromatic carbocycles. The van der Waals surface area contributed by atoms with Gasteiger partial charge in [-0.3, -0.25) is 0 Å². The van der Waals surface area contributed by atoms with Crippen LogP contribution in [0.3, 0.4) is 0 Å². The van der Waals surface area contributed by atoms with Gasteiger partial charge in [-0.2, -0.15) is 0 Å². The molecule has 2 atom stereocenters. The lowest BCUT2D eigenvalue weighted by Crippen LogP contribution is -2.21. The van der Waals surface area contributed by atoms with E-state index in [9.17, 15) is 0 Å². The monoisotopic (exact) mass is 387 g/mol. The molecule has 0 aliphatic carbocycles. The quantitative estimate of drug-likeness (QED) is 0.709. The second-order valence-corrected chi connectivity index (χ2v) is 7.11. The summed E-state index contributed by atoms with van der Waals surface area (Å²) in [7, 11) is 0. The standard InChI is InChI=1S/C14H15Br2NS/c1-9(11-4-3-5-12(15)6-11)17-10(2)14-7-13(16)8-18-14/h3-10,17H,1-2H3/t9-,10?/m0/s1. The Hall–Kier alpha value is -0.160. The van der Waals surface area contributed by atoms with Gasteiger partial charge in [0.05, 0.1) is 0 Å².